The number of carbonyl (C=O) groups is 2. The Morgan fingerprint density at radius 3 is 1.91 bits per heavy atom. The van der Waals surface area contributed by atoms with Crippen molar-refractivity contribution in [2.24, 2.45) is 0 Å². The molecule has 0 unspecified atom stereocenters. The summed E-state index contributed by atoms with van der Waals surface area (Å²) in [5.41, 5.74) is 2.98. The standard InChI is InChI=1S/C18H18N2O2/c1-13(12-15-6-4-3-5-7-15)18(22)20-17-10-8-16(9-11-17)19-14(2)21/h3-12H,1-2H3,(H,19,21)(H,20,22)/b13-12+. The molecule has 2 amide bonds. The van der Waals surface area contributed by atoms with Crippen LogP contribution in [-0.4, -0.2) is 11.8 Å². The second kappa shape index (κ2) is 7.22. The zero-order valence-corrected chi connectivity index (χ0v) is 12.6. The van der Waals surface area contributed by atoms with Gasteiger partial charge in [0.1, 0.15) is 0 Å². The minimum atomic E-state index is -0.156. The van der Waals surface area contributed by atoms with Crippen LogP contribution in [0.3, 0.4) is 0 Å². The van der Waals surface area contributed by atoms with Gasteiger partial charge in [-0.25, -0.2) is 0 Å². The molecule has 0 fully saturated rings. The fourth-order valence-electron chi connectivity index (χ4n) is 1.93. The Kier molecular flexibility index (Phi) is 5.09. The van der Waals surface area contributed by atoms with Crippen LogP contribution in [0.15, 0.2) is 60.2 Å². The van der Waals surface area contributed by atoms with Crippen molar-refractivity contribution in [3.8, 4) is 0 Å². The molecule has 0 aliphatic rings. The normalized spacial score (nSPS) is 10.9. The topological polar surface area (TPSA) is 58.2 Å². The molecule has 0 aromatic heterocycles. The lowest BCUT2D eigenvalue weighted by atomic mass is 10.1. The first-order chi connectivity index (χ1) is 10.5. The maximum absolute atomic E-state index is 12.1. The smallest absolute Gasteiger partial charge is 0.251 e. The highest BCUT2D eigenvalue weighted by Crippen LogP contribution is 2.15. The molecule has 4 nitrogen and oxygen atoms in total. The summed E-state index contributed by atoms with van der Waals surface area (Å²) in [6.07, 6.45) is 1.83. The van der Waals surface area contributed by atoms with E-state index in [9.17, 15) is 9.59 Å². The highest BCUT2D eigenvalue weighted by Gasteiger charge is 2.05. The number of hydrogen-bond acceptors (Lipinski definition) is 2. The van der Waals surface area contributed by atoms with Crippen LogP contribution < -0.4 is 10.6 Å². The van der Waals surface area contributed by atoms with Crippen molar-refractivity contribution in [1.82, 2.24) is 0 Å². The second-order valence-electron chi connectivity index (χ2n) is 4.95. The molecule has 4 heteroatoms. The van der Waals surface area contributed by atoms with Crippen LogP contribution in [0.2, 0.25) is 0 Å². The average molecular weight is 294 g/mol. The summed E-state index contributed by atoms with van der Waals surface area (Å²) in [5, 5.41) is 5.50. The van der Waals surface area contributed by atoms with Crippen LogP contribution in [0.4, 0.5) is 11.4 Å². The first-order valence-corrected chi connectivity index (χ1v) is 6.97. The van der Waals surface area contributed by atoms with Gasteiger partial charge in [-0.3, -0.25) is 9.59 Å². The first kappa shape index (κ1) is 15.5. The second-order valence-corrected chi connectivity index (χ2v) is 4.95. The number of anilines is 2. The fraction of sp³-hybridized carbons (Fsp3) is 0.111. The van der Waals surface area contributed by atoms with E-state index in [-0.39, 0.29) is 11.8 Å². The predicted octanol–water partition coefficient (Wildman–Crippen LogP) is 3.69. The number of benzene rings is 2. The molecule has 0 saturated carbocycles. The summed E-state index contributed by atoms with van der Waals surface area (Å²) >= 11 is 0. The van der Waals surface area contributed by atoms with E-state index in [4.69, 9.17) is 0 Å². The van der Waals surface area contributed by atoms with Crippen LogP contribution >= 0.6 is 0 Å². The Morgan fingerprint density at radius 1 is 0.818 bits per heavy atom. The van der Waals surface area contributed by atoms with Crippen LogP contribution in [0, 0.1) is 0 Å². The SMILES string of the molecule is CC(=O)Nc1ccc(NC(=O)/C(C)=C/c2ccccc2)cc1. The van der Waals surface area contributed by atoms with Gasteiger partial charge in [-0.15, -0.1) is 0 Å². The van der Waals surface area contributed by atoms with Crippen molar-refractivity contribution < 1.29 is 9.59 Å². The Balaban J connectivity index is 2.02. The third kappa shape index (κ3) is 4.59. The van der Waals surface area contributed by atoms with Crippen molar-refractivity contribution >= 4 is 29.3 Å². The molecule has 0 aliphatic carbocycles. The summed E-state index contributed by atoms with van der Waals surface area (Å²) in [6, 6.07) is 16.7. The largest absolute Gasteiger partial charge is 0.326 e. The molecular formula is C18H18N2O2. The number of rotatable bonds is 4. The molecule has 0 radical (unpaired) electrons. The van der Waals surface area contributed by atoms with Gasteiger partial charge in [0.2, 0.25) is 5.91 Å². The predicted molar refractivity (Wildman–Crippen MR) is 89.5 cm³/mol. The molecule has 0 aliphatic heterocycles. The minimum Gasteiger partial charge on any atom is -0.326 e. The van der Waals surface area contributed by atoms with E-state index in [2.05, 4.69) is 10.6 Å². The molecule has 112 valence electrons. The zero-order chi connectivity index (χ0) is 15.9. The molecule has 0 bridgehead atoms. The van der Waals surface area contributed by atoms with E-state index < -0.39 is 0 Å². The molecule has 0 saturated heterocycles. The third-order valence-corrected chi connectivity index (χ3v) is 3.00. The van der Waals surface area contributed by atoms with Gasteiger partial charge in [0.05, 0.1) is 0 Å². The van der Waals surface area contributed by atoms with Crippen LogP contribution in [-0.2, 0) is 9.59 Å². The van der Waals surface area contributed by atoms with Crippen molar-refractivity contribution in [2.45, 2.75) is 13.8 Å². The molecular weight excluding hydrogens is 276 g/mol. The van der Waals surface area contributed by atoms with Crippen molar-refractivity contribution in [3.05, 3.63) is 65.7 Å². The highest BCUT2D eigenvalue weighted by molar-refractivity contribution is 6.06. The zero-order valence-electron chi connectivity index (χ0n) is 12.6. The Bertz CT molecular complexity index is 689. The van der Waals surface area contributed by atoms with E-state index in [1.807, 2.05) is 36.4 Å². The minimum absolute atomic E-state index is 0.126. The lowest BCUT2D eigenvalue weighted by Crippen LogP contribution is -2.12. The van der Waals surface area contributed by atoms with E-state index in [1.165, 1.54) is 6.92 Å². The van der Waals surface area contributed by atoms with Crippen molar-refractivity contribution in [2.75, 3.05) is 10.6 Å². The Labute approximate surface area is 129 Å². The van der Waals surface area contributed by atoms with Crippen LogP contribution in [0.5, 0.6) is 0 Å². The van der Waals surface area contributed by atoms with Gasteiger partial charge in [-0.2, -0.15) is 0 Å². The third-order valence-electron chi connectivity index (χ3n) is 3.00. The van der Waals surface area contributed by atoms with Gasteiger partial charge in [-0.05, 0) is 42.8 Å². The lowest BCUT2D eigenvalue weighted by Gasteiger charge is -2.07. The number of amides is 2. The Hall–Kier alpha value is -2.88. The van der Waals surface area contributed by atoms with Crippen molar-refractivity contribution in [1.29, 1.82) is 0 Å². The van der Waals surface area contributed by atoms with E-state index in [0.717, 1.165) is 5.56 Å². The average Bonchev–Trinajstić information content (AvgIpc) is 2.49. The first-order valence-electron chi connectivity index (χ1n) is 6.97. The molecule has 2 rings (SSSR count). The molecule has 22 heavy (non-hydrogen) atoms. The number of hydrogen-bond donors (Lipinski definition) is 2. The number of carbonyl (C=O) groups excluding carboxylic acids is 2. The van der Waals surface area contributed by atoms with Crippen molar-refractivity contribution in [3.63, 3.8) is 0 Å². The van der Waals surface area contributed by atoms with Gasteiger partial charge in [0.25, 0.3) is 5.91 Å². The van der Waals surface area contributed by atoms with Gasteiger partial charge < -0.3 is 10.6 Å². The van der Waals surface area contributed by atoms with Gasteiger partial charge in [0, 0.05) is 23.9 Å². The van der Waals surface area contributed by atoms with Crippen LogP contribution in [0.1, 0.15) is 19.4 Å². The summed E-state index contributed by atoms with van der Waals surface area (Å²) in [6.45, 7) is 3.22. The van der Waals surface area contributed by atoms with Crippen LogP contribution in [0.25, 0.3) is 6.08 Å². The number of nitrogens with one attached hydrogen (secondary N) is 2. The lowest BCUT2D eigenvalue weighted by molar-refractivity contribution is -0.114. The summed E-state index contributed by atoms with van der Waals surface area (Å²) in [7, 11) is 0. The fourth-order valence-corrected chi connectivity index (χ4v) is 1.93. The quantitative estimate of drug-likeness (QED) is 0.845. The van der Waals surface area contributed by atoms with Gasteiger partial charge in [0.15, 0.2) is 0 Å². The summed E-state index contributed by atoms with van der Waals surface area (Å²) < 4.78 is 0. The molecule has 0 heterocycles. The molecule has 2 aromatic rings. The molecule has 0 atom stereocenters. The van der Waals surface area contributed by atoms with E-state index >= 15 is 0 Å². The summed E-state index contributed by atoms with van der Waals surface area (Å²) in [4.78, 5) is 23.1. The molecule has 2 aromatic carbocycles. The van der Waals surface area contributed by atoms with Gasteiger partial charge >= 0.3 is 0 Å². The summed E-state index contributed by atoms with van der Waals surface area (Å²) in [5.74, 6) is -0.283. The van der Waals surface area contributed by atoms with Gasteiger partial charge in [-0.1, -0.05) is 30.3 Å². The van der Waals surface area contributed by atoms with E-state index in [1.54, 1.807) is 31.2 Å². The Morgan fingerprint density at radius 2 is 1.36 bits per heavy atom. The molecule has 2 N–H and O–H groups in total. The maximum Gasteiger partial charge on any atom is 0.251 e. The highest BCUT2D eigenvalue weighted by atomic mass is 16.2. The van der Waals surface area contributed by atoms with E-state index in [0.29, 0.717) is 16.9 Å². The monoisotopic (exact) mass is 294 g/mol. The maximum atomic E-state index is 12.1. The molecule has 0 spiro atoms.